The highest BCUT2D eigenvalue weighted by molar-refractivity contribution is 5.92. The van der Waals surface area contributed by atoms with Crippen LogP contribution < -0.4 is 10.8 Å². The van der Waals surface area contributed by atoms with Gasteiger partial charge in [-0.2, -0.15) is 0 Å². The number of anilines is 1. The van der Waals surface area contributed by atoms with Gasteiger partial charge in [-0.3, -0.25) is 15.0 Å². The van der Waals surface area contributed by atoms with E-state index in [0.717, 1.165) is 31.4 Å². The largest absolute Gasteiger partial charge is 0.381 e. The number of pyridine rings is 1. The van der Waals surface area contributed by atoms with Crippen LogP contribution in [-0.4, -0.2) is 29.3 Å². The number of aromatic nitrogens is 1. The van der Waals surface area contributed by atoms with Crippen molar-refractivity contribution in [2.45, 2.75) is 13.0 Å². The summed E-state index contributed by atoms with van der Waals surface area (Å²) < 4.78 is 19.1. The maximum atomic E-state index is 13.9. The molecule has 1 saturated heterocycles. The summed E-state index contributed by atoms with van der Waals surface area (Å²) in [5.74, 6) is -0.796. The molecule has 2 heterocycles. The standard InChI is InChI=1S/C17H18FN3O3/c18-15-6-13(17(22)21-23)7-20-16(15)8-19-14-3-1-11(2-4-14)5-12-9-24-10-12/h1-4,6-7,12,19,23H,5,8-10H2,(H,21,22). The van der Waals surface area contributed by atoms with Crippen LogP contribution in [0.25, 0.3) is 0 Å². The highest BCUT2D eigenvalue weighted by Crippen LogP contribution is 2.19. The molecular weight excluding hydrogens is 313 g/mol. The van der Waals surface area contributed by atoms with Crippen molar-refractivity contribution in [3.63, 3.8) is 0 Å². The highest BCUT2D eigenvalue weighted by atomic mass is 19.1. The second-order valence-corrected chi connectivity index (χ2v) is 5.75. The Balaban J connectivity index is 1.57. The van der Waals surface area contributed by atoms with E-state index in [1.165, 1.54) is 17.2 Å². The summed E-state index contributed by atoms with van der Waals surface area (Å²) in [6.07, 6.45) is 2.22. The molecule has 1 aromatic carbocycles. The van der Waals surface area contributed by atoms with E-state index in [-0.39, 0.29) is 17.8 Å². The number of nitrogens with zero attached hydrogens (tertiary/aromatic N) is 1. The Morgan fingerprint density at radius 3 is 2.67 bits per heavy atom. The molecule has 0 radical (unpaired) electrons. The van der Waals surface area contributed by atoms with Gasteiger partial charge in [0.05, 0.1) is 31.0 Å². The van der Waals surface area contributed by atoms with Gasteiger partial charge in [0.2, 0.25) is 0 Å². The van der Waals surface area contributed by atoms with E-state index in [0.29, 0.717) is 5.92 Å². The minimum absolute atomic E-state index is 0.0388. The van der Waals surface area contributed by atoms with Crippen molar-refractivity contribution in [3.05, 3.63) is 59.2 Å². The quantitative estimate of drug-likeness (QED) is 0.558. The van der Waals surface area contributed by atoms with Gasteiger partial charge in [-0.15, -0.1) is 0 Å². The molecule has 1 aliphatic heterocycles. The number of ether oxygens (including phenoxy) is 1. The fourth-order valence-corrected chi connectivity index (χ4v) is 2.47. The van der Waals surface area contributed by atoms with Gasteiger partial charge in [-0.1, -0.05) is 12.1 Å². The Labute approximate surface area is 138 Å². The number of nitrogens with one attached hydrogen (secondary N) is 2. The number of rotatable bonds is 6. The summed E-state index contributed by atoms with van der Waals surface area (Å²) in [7, 11) is 0. The van der Waals surface area contributed by atoms with Crippen molar-refractivity contribution in [1.82, 2.24) is 10.5 Å². The number of hydroxylamine groups is 1. The third-order valence-corrected chi connectivity index (χ3v) is 3.93. The lowest BCUT2D eigenvalue weighted by Crippen LogP contribution is -2.29. The molecule has 0 bridgehead atoms. The van der Waals surface area contributed by atoms with E-state index in [1.807, 2.05) is 24.3 Å². The van der Waals surface area contributed by atoms with Gasteiger partial charge < -0.3 is 10.1 Å². The van der Waals surface area contributed by atoms with E-state index < -0.39 is 11.7 Å². The van der Waals surface area contributed by atoms with Crippen molar-refractivity contribution in [2.75, 3.05) is 18.5 Å². The Kier molecular flexibility index (Phi) is 5.02. The molecule has 3 N–H and O–H groups in total. The van der Waals surface area contributed by atoms with Crippen LogP contribution in [0.2, 0.25) is 0 Å². The molecule has 3 rings (SSSR count). The van der Waals surface area contributed by atoms with Crippen molar-refractivity contribution < 1.29 is 19.1 Å². The monoisotopic (exact) mass is 331 g/mol. The van der Waals surface area contributed by atoms with E-state index in [2.05, 4.69) is 10.3 Å². The van der Waals surface area contributed by atoms with Crippen LogP contribution in [0.1, 0.15) is 21.6 Å². The van der Waals surface area contributed by atoms with E-state index in [9.17, 15) is 9.18 Å². The topological polar surface area (TPSA) is 83.5 Å². The molecule has 0 unspecified atom stereocenters. The lowest BCUT2D eigenvalue weighted by Gasteiger charge is -2.25. The van der Waals surface area contributed by atoms with Gasteiger partial charge in [0.1, 0.15) is 5.82 Å². The first-order valence-corrected chi connectivity index (χ1v) is 7.65. The maximum Gasteiger partial charge on any atom is 0.276 e. The van der Waals surface area contributed by atoms with Crippen molar-refractivity contribution in [1.29, 1.82) is 0 Å². The minimum Gasteiger partial charge on any atom is -0.381 e. The molecule has 6 nitrogen and oxygen atoms in total. The van der Waals surface area contributed by atoms with Crippen LogP contribution in [0, 0.1) is 11.7 Å². The van der Waals surface area contributed by atoms with E-state index in [4.69, 9.17) is 9.94 Å². The van der Waals surface area contributed by atoms with Gasteiger partial charge in [0.15, 0.2) is 0 Å². The van der Waals surface area contributed by atoms with Gasteiger partial charge in [0, 0.05) is 17.8 Å². The highest BCUT2D eigenvalue weighted by Gasteiger charge is 2.18. The lowest BCUT2D eigenvalue weighted by atomic mass is 9.98. The van der Waals surface area contributed by atoms with Gasteiger partial charge in [-0.05, 0) is 30.2 Å². The summed E-state index contributed by atoms with van der Waals surface area (Å²) >= 11 is 0. The molecule has 2 aromatic rings. The number of halogens is 1. The third kappa shape index (κ3) is 3.87. The minimum atomic E-state index is -0.798. The summed E-state index contributed by atoms with van der Waals surface area (Å²) in [5.41, 5.74) is 3.71. The van der Waals surface area contributed by atoms with Gasteiger partial charge in [-0.25, -0.2) is 9.87 Å². The Bertz CT molecular complexity index is 718. The summed E-state index contributed by atoms with van der Waals surface area (Å²) in [5, 5.41) is 11.6. The Morgan fingerprint density at radius 2 is 2.08 bits per heavy atom. The summed E-state index contributed by atoms with van der Waals surface area (Å²) in [4.78, 5) is 15.1. The SMILES string of the molecule is O=C(NO)c1cnc(CNc2ccc(CC3COC3)cc2)c(F)c1. The fourth-order valence-electron chi connectivity index (χ4n) is 2.47. The van der Waals surface area contributed by atoms with Crippen LogP contribution in [0.15, 0.2) is 36.5 Å². The van der Waals surface area contributed by atoms with Crippen LogP contribution >= 0.6 is 0 Å². The predicted molar refractivity (Wildman–Crippen MR) is 85.2 cm³/mol. The Hall–Kier alpha value is -2.51. The molecule has 0 atom stereocenters. The molecule has 0 saturated carbocycles. The first kappa shape index (κ1) is 16.4. The Morgan fingerprint density at radius 1 is 1.33 bits per heavy atom. The molecule has 126 valence electrons. The average molecular weight is 331 g/mol. The van der Waals surface area contributed by atoms with Crippen molar-refractivity contribution in [3.8, 4) is 0 Å². The molecule has 0 aliphatic carbocycles. The second-order valence-electron chi connectivity index (χ2n) is 5.75. The van der Waals surface area contributed by atoms with Crippen LogP contribution in [0.3, 0.4) is 0 Å². The van der Waals surface area contributed by atoms with Crippen LogP contribution in [0.4, 0.5) is 10.1 Å². The van der Waals surface area contributed by atoms with Gasteiger partial charge >= 0.3 is 0 Å². The zero-order valence-corrected chi connectivity index (χ0v) is 13.0. The molecular formula is C17H18FN3O3. The van der Waals surface area contributed by atoms with Crippen molar-refractivity contribution in [2.24, 2.45) is 5.92 Å². The smallest absolute Gasteiger partial charge is 0.276 e. The zero-order chi connectivity index (χ0) is 16.9. The van der Waals surface area contributed by atoms with Crippen LogP contribution in [-0.2, 0) is 17.7 Å². The normalized spacial score (nSPS) is 14.1. The number of amides is 1. The molecule has 1 amide bonds. The maximum absolute atomic E-state index is 13.9. The first-order valence-electron chi connectivity index (χ1n) is 7.65. The summed E-state index contributed by atoms with van der Waals surface area (Å²) in [6.45, 7) is 1.85. The number of carbonyl (C=O) groups excluding carboxylic acids is 1. The van der Waals surface area contributed by atoms with Gasteiger partial charge in [0.25, 0.3) is 5.91 Å². The predicted octanol–water partition coefficient (Wildman–Crippen LogP) is 2.14. The van der Waals surface area contributed by atoms with Crippen molar-refractivity contribution >= 4 is 11.6 Å². The summed E-state index contributed by atoms with van der Waals surface area (Å²) in [6, 6.07) is 9.01. The van der Waals surface area contributed by atoms with E-state index in [1.54, 1.807) is 0 Å². The van der Waals surface area contributed by atoms with Crippen LogP contribution in [0.5, 0.6) is 0 Å². The zero-order valence-electron chi connectivity index (χ0n) is 13.0. The molecule has 24 heavy (non-hydrogen) atoms. The molecule has 7 heteroatoms. The van der Waals surface area contributed by atoms with E-state index >= 15 is 0 Å². The molecule has 1 fully saturated rings. The number of benzene rings is 1. The number of carbonyl (C=O) groups is 1. The third-order valence-electron chi connectivity index (χ3n) is 3.93. The average Bonchev–Trinajstić information content (AvgIpc) is 2.57. The number of hydrogen-bond acceptors (Lipinski definition) is 5. The lowest BCUT2D eigenvalue weighted by molar-refractivity contribution is -0.0312. The fraction of sp³-hybridized carbons (Fsp3) is 0.294. The second kappa shape index (κ2) is 7.37. The number of hydrogen-bond donors (Lipinski definition) is 3. The first-order chi connectivity index (χ1) is 11.7. The molecule has 1 aliphatic rings. The molecule has 0 spiro atoms. The molecule has 1 aromatic heterocycles.